The maximum atomic E-state index is 10.5. The van der Waals surface area contributed by atoms with Crippen LogP contribution in [0.15, 0.2) is 0 Å². The zero-order chi connectivity index (χ0) is 14.0. The molecule has 0 saturated heterocycles. The fourth-order valence-electron chi connectivity index (χ4n) is 2.08. The quantitative estimate of drug-likeness (QED) is 0.556. The summed E-state index contributed by atoms with van der Waals surface area (Å²) in [5.41, 5.74) is 0. The molecular formula is C14H26O4. The lowest BCUT2D eigenvalue weighted by Crippen LogP contribution is -2.04. The topological polar surface area (TPSA) is 74.6 Å². The van der Waals surface area contributed by atoms with Crippen molar-refractivity contribution in [1.29, 1.82) is 0 Å². The summed E-state index contributed by atoms with van der Waals surface area (Å²) in [5.74, 6) is -0.710. The Morgan fingerprint density at radius 1 is 0.833 bits per heavy atom. The molecule has 4 heteroatoms. The Kier molecular flexibility index (Phi) is 9.33. The summed E-state index contributed by atoms with van der Waals surface area (Å²) >= 11 is 0. The number of unbranched alkanes of at least 4 members (excludes halogenated alkanes) is 2. The van der Waals surface area contributed by atoms with Crippen LogP contribution in [-0.2, 0) is 9.59 Å². The van der Waals surface area contributed by atoms with Gasteiger partial charge in [-0.05, 0) is 18.3 Å². The Balaban J connectivity index is 3.39. The molecule has 2 N–H and O–H groups in total. The van der Waals surface area contributed by atoms with E-state index in [9.17, 15) is 9.59 Å². The lowest BCUT2D eigenvalue weighted by molar-refractivity contribution is -0.138. The SMILES string of the molecule is CC(CCCCCC(C)CC(=O)O)CCC(=O)O. The van der Waals surface area contributed by atoms with Gasteiger partial charge in [0, 0.05) is 12.8 Å². The number of hydrogen-bond donors (Lipinski definition) is 2. The molecule has 2 unspecified atom stereocenters. The van der Waals surface area contributed by atoms with Crippen LogP contribution in [0.4, 0.5) is 0 Å². The fraction of sp³-hybridized carbons (Fsp3) is 0.857. The molecular weight excluding hydrogens is 232 g/mol. The van der Waals surface area contributed by atoms with Crippen LogP contribution in [0.5, 0.6) is 0 Å². The van der Waals surface area contributed by atoms with Gasteiger partial charge in [0.05, 0.1) is 0 Å². The summed E-state index contributed by atoms with van der Waals surface area (Å²) in [6, 6.07) is 0. The Labute approximate surface area is 109 Å². The molecule has 0 heterocycles. The molecule has 0 fully saturated rings. The van der Waals surface area contributed by atoms with E-state index >= 15 is 0 Å². The zero-order valence-corrected chi connectivity index (χ0v) is 11.5. The number of carbonyl (C=O) groups is 2. The summed E-state index contributed by atoms with van der Waals surface area (Å²) in [6.07, 6.45) is 6.61. The van der Waals surface area contributed by atoms with E-state index in [-0.39, 0.29) is 18.8 Å². The predicted octanol–water partition coefficient (Wildman–Crippen LogP) is 3.55. The minimum atomic E-state index is -0.718. The standard InChI is InChI=1S/C14H26O4/c1-11(8-9-13(15)16)6-4-3-5-7-12(2)10-14(17)18/h11-12H,3-10H2,1-2H3,(H,15,16)(H,17,18). The van der Waals surface area contributed by atoms with E-state index in [0.717, 1.165) is 38.5 Å². The van der Waals surface area contributed by atoms with E-state index < -0.39 is 11.9 Å². The van der Waals surface area contributed by atoms with Gasteiger partial charge in [-0.2, -0.15) is 0 Å². The van der Waals surface area contributed by atoms with E-state index in [4.69, 9.17) is 10.2 Å². The molecule has 0 aliphatic carbocycles. The fourth-order valence-corrected chi connectivity index (χ4v) is 2.08. The van der Waals surface area contributed by atoms with Gasteiger partial charge in [0.25, 0.3) is 0 Å². The van der Waals surface area contributed by atoms with Crippen LogP contribution in [0.1, 0.15) is 65.2 Å². The molecule has 0 amide bonds. The molecule has 0 aromatic heterocycles. The first kappa shape index (κ1) is 16.9. The monoisotopic (exact) mass is 258 g/mol. The van der Waals surface area contributed by atoms with Gasteiger partial charge in [0.1, 0.15) is 0 Å². The van der Waals surface area contributed by atoms with Crippen LogP contribution >= 0.6 is 0 Å². The summed E-state index contributed by atoms with van der Waals surface area (Å²) < 4.78 is 0. The summed E-state index contributed by atoms with van der Waals surface area (Å²) in [4.78, 5) is 20.9. The first-order valence-electron chi connectivity index (χ1n) is 6.85. The Hall–Kier alpha value is -1.06. The minimum Gasteiger partial charge on any atom is -0.481 e. The summed E-state index contributed by atoms with van der Waals surface area (Å²) in [5, 5.41) is 17.2. The van der Waals surface area contributed by atoms with Crippen LogP contribution in [0.25, 0.3) is 0 Å². The van der Waals surface area contributed by atoms with E-state index in [1.165, 1.54) is 0 Å². The zero-order valence-electron chi connectivity index (χ0n) is 11.5. The van der Waals surface area contributed by atoms with Crippen LogP contribution in [0.3, 0.4) is 0 Å². The third-order valence-corrected chi connectivity index (χ3v) is 3.27. The van der Waals surface area contributed by atoms with Crippen molar-refractivity contribution < 1.29 is 19.8 Å². The number of rotatable bonds is 11. The molecule has 0 aliphatic rings. The molecule has 18 heavy (non-hydrogen) atoms. The van der Waals surface area contributed by atoms with Crippen LogP contribution in [-0.4, -0.2) is 22.2 Å². The second-order valence-corrected chi connectivity index (χ2v) is 5.38. The average Bonchev–Trinajstić information content (AvgIpc) is 2.24. The summed E-state index contributed by atoms with van der Waals surface area (Å²) in [7, 11) is 0. The van der Waals surface area contributed by atoms with Crippen LogP contribution < -0.4 is 0 Å². The van der Waals surface area contributed by atoms with Crippen molar-refractivity contribution in [1.82, 2.24) is 0 Å². The number of aliphatic carboxylic acids is 2. The van der Waals surface area contributed by atoms with E-state index in [0.29, 0.717) is 5.92 Å². The van der Waals surface area contributed by atoms with Gasteiger partial charge in [-0.25, -0.2) is 0 Å². The maximum Gasteiger partial charge on any atom is 0.303 e. The highest BCUT2D eigenvalue weighted by Crippen LogP contribution is 2.17. The van der Waals surface area contributed by atoms with Crippen molar-refractivity contribution in [2.75, 3.05) is 0 Å². The lowest BCUT2D eigenvalue weighted by Gasteiger charge is -2.11. The lowest BCUT2D eigenvalue weighted by atomic mass is 9.95. The van der Waals surface area contributed by atoms with Crippen molar-refractivity contribution in [3.8, 4) is 0 Å². The minimum absolute atomic E-state index is 0.256. The first-order chi connectivity index (χ1) is 8.41. The molecule has 106 valence electrons. The van der Waals surface area contributed by atoms with E-state index in [1.807, 2.05) is 6.92 Å². The largest absolute Gasteiger partial charge is 0.481 e. The van der Waals surface area contributed by atoms with Gasteiger partial charge < -0.3 is 10.2 Å². The van der Waals surface area contributed by atoms with Crippen molar-refractivity contribution in [2.24, 2.45) is 11.8 Å². The predicted molar refractivity (Wildman–Crippen MR) is 70.5 cm³/mol. The van der Waals surface area contributed by atoms with E-state index in [2.05, 4.69) is 6.92 Å². The Morgan fingerprint density at radius 3 is 1.89 bits per heavy atom. The average molecular weight is 258 g/mol. The number of carboxylic acids is 2. The third-order valence-electron chi connectivity index (χ3n) is 3.27. The van der Waals surface area contributed by atoms with Crippen molar-refractivity contribution >= 4 is 11.9 Å². The van der Waals surface area contributed by atoms with Gasteiger partial charge in [-0.3, -0.25) is 9.59 Å². The number of carboxylic acid groups (broad SMARTS) is 2. The smallest absolute Gasteiger partial charge is 0.303 e. The van der Waals surface area contributed by atoms with Crippen molar-refractivity contribution in [2.45, 2.75) is 65.2 Å². The highest BCUT2D eigenvalue weighted by atomic mass is 16.4. The second-order valence-electron chi connectivity index (χ2n) is 5.38. The summed E-state index contributed by atoms with van der Waals surface area (Å²) in [6.45, 7) is 4.07. The molecule has 4 nitrogen and oxygen atoms in total. The molecule has 0 radical (unpaired) electrons. The normalized spacial score (nSPS) is 14.1. The highest BCUT2D eigenvalue weighted by molar-refractivity contribution is 5.67. The third kappa shape index (κ3) is 11.4. The van der Waals surface area contributed by atoms with Gasteiger partial charge in [-0.1, -0.05) is 46.0 Å². The van der Waals surface area contributed by atoms with Crippen LogP contribution in [0, 0.1) is 11.8 Å². The molecule has 0 aliphatic heterocycles. The molecule has 0 aromatic rings. The Bertz CT molecular complexity index is 250. The van der Waals surface area contributed by atoms with Crippen molar-refractivity contribution in [3.63, 3.8) is 0 Å². The molecule has 0 bridgehead atoms. The first-order valence-corrected chi connectivity index (χ1v) is 6.85. The van der Waals surface area contributed by atoms with Gasteiger partial charge in [0.2, 0.25) is 0 Å². The van der Waals surface area contributed by atoms with E-state index in [1.54, 1.807) is 0 Å². The molecule has 0 saturated carbocycles. The van der Waals surface area contributed by atoms with Gasteiger partial charge >= 0.3 is 11.9 Å². The molecule has 0 rings (SSSR count). The maximum absolute atomic E-state index is 10.5. The Morgan fingerprint density at radius 2 is 1.39 bits per heavy atom. The molecule has 0 aromatic carbocycles. The van der Waals surface area contributed by atoms with Gasteiger partial charge in [0.15, 0.2) is 0 Å². The molecule has 0 spiro atoms. The van der Waals surface area contributed by atoms with Crippen molar-refractivity contribution in [3.05, 3.63) is 0 Å². The van der Waals surface area contributed by atoms with Crippen LogP contribution in [0.2, 0.25) is 0 Å². The highest BCUT2D eigenvalue weighted by Gasteiger charge is 2.08. The molecule has 2 atom stereocenters. The second kappa shape index (κ2) is 9.92. The van der Waals surface area contributed by atoms with Gasteiger partial charge in [-0.15, -0.1) is 0 Å². The number of hydrogen-bond acceptors (Lipinski definition) is 2.